The van der Waals surface area contributed by atoms with Crippen molar-refractivity contribution < 1.29 is 19.4 Å². The number of anilines is 1. The minimum atomic E-state index is -0.978. The highest BCUT2D eigenvalue weighted by molar-refractivity contribution is 5.91. The van der Waals surface area contributed by atoms with Crippen LogP contribution in [0.2, 0.25) is 0 Å². The summed E-state index contributed by atoms with van der Waals surface area (Å²) >= 11 is 0. The van der Waals surface area contributed by atoms with E-state index in [1.807, 2.05) is 0 Å². The van der Waals surface area contributed by atoms with Gasteiger partial charge in [-0.15, -0.1) is 10.2 Å². The molecule has 0 aromatic carbocycles. The van der Waals surface area contributed by atoms with Crippen LogP contribution in [0.1, 0.15) is 10.5 Å². The van der Waals surface area contributed by atoms with Crippen LogP contribution in [-0.4, -0.2) is 61.0 Å². The summed E-state index contributed by atoms with van der Waals surface area (Å²) in [5, 5.41) is 18.9. The number of aromatic nitrogens is 2. The molecule has 8 nitrogen and oxygen atoms in total. The Kier molecular flexibility index (Phi) is 5.68. The van der Waals surface area contributed by atoms with E-state index in [0.29, 0.717) is 19.0 Å². The summed E-state index contributed by atoms with van der Waals surface area (Å²) < 4.78 is 4.91. The maximum Gasteiger partial charge on any atom is 0.323 e. The molecule has 1 aromatic heterocycles. The third-order valence-corrected chi connectivity index (χ3v) is 2.33. The number of carboxylic acids is 1. The smallest absolute Gasteiger partial charge is 0.323 e. The van der Waals surface area contributed by atoms with E-state index in [0.717, 1.165) is 0 Å². The van der Waals surface area contributed by atoms with Crippen LogP contribution in [0.5, 0.6) is 0 Å². The molecule has 19 heavy (non-hydrogen) atoms. The van der Waals surface area contributed by atoms with Crippen LogP contribution in [-0.2, 0) is 9.53 Å². The van der Waals surface area contributed by atoms with Gasteiger partial charge in [0, 0.05) is 20.7 Å². The fraction of sp³-hybridized carbons (Fsp3) is 0.455. The highest BCUT2D eigenvalue weighted by Crippen LogP contribution is 2.09. The van der Waals surface area contributed by atoms with E-state index in [4.69, 9.17) is 9.84 Å². The van der Waals surface area contributed by atoms with Gasteiger partial charge in [-0.3, -0.25) is 9.59 Å². The topological polar surface area (TPSA) is 105 Å². The Bertz CT molecular complexity index is 435. The number of nitrogens with zero attached hydrogens (tertiary/aromatic N) is 3. The summed E-state index contributed by atoms with van der Waals surface area (Å²) in [5.41, 5.74) is 0.174. The molecule has 0 saturated heterocycles. The zero-order valence-corrected chi connectivity index (χ0v) is 10.8. The Balaban J connectivity index is 2.83. The Hall–Kier alpha value is -2.22. The van der Waals surface area contributed by atoms with Gasteiger partial charge in [-0.1, -0.05) is 0 Å². The lowest BCUT2D eigenvalue weighted by Crippen LogP contribution is -2.33. The minimum absolute atomic E-state index is 0.174. The van der Waals surface area contributed by atoms with Crippen LogP contribution >= 0.6 is 0 Å². The molecule has 0 aliphatic heterocycles. The number of amides is 1. The van der Waals surface area contributed by atoms with Gasteiger partial charge in [-0.05, 0) is 12.1 Å². The molecule has 1 rings (SSSR count). The van der Waals surface area contributed by atoms with Crippen molar-refractivity contribution in [2.45, 2.75) is 0 Å². The van der Waals surface area contributed by atoms with Crippen LogP contribution in [0.4, 0.5) is 5.82 Å². The molecular formula is C11H16N4O4. The first-order valence-corrected chi connectivity index (χ1v) is 5.60. The second kappa shape index (κ2) is 7.27. The van der Waals surface area contributed by atoms with Crippen molar-refractivity contribution in [2.24, 2.45) is 0 Å². The number of carbonyl (C=O) groups is 2. The molecule has 0 bridgehead atoms. The summed E-state index contributed by atoms with van der Waals surface area (Å²) in [6, 6.07) is 3.04. The third-order valence-electron chi connectivity index (χ3n) is 2.33. The molecule has 0 aliphatic carbocycles. The molecule has 0 saturated carbocycles. The normalized spacial score (nSPS) is 10.0. The Morgan fingerprint density at radius 1 is 1.42 bits per heavy atom. The molecule has 1 amide bonds. The Labute approximate surface area is 110 Å². The maximum atomic E-state index is 11.3. The molecule has 1 heterocycles. The number of carbonyl (C=O) groups excluding carboxylic acids is 1. The first kappa shape index (κ1) is 14.8. The number of hydrogen-bond donors (Lipinski definition) is 2. The standard InChI is InChI=1S/C11H16N4O4/c1-12-11(18)8-3-4-9(14-13-8)15(5-6-19-2)7-10(16)17/h3-4H,5-7H2,1-2H3,(H,12,18)(H,16,17). The fourth-order valence-corrected chi connectivity index (χ4v) is 1.38. The van der Waals surface area contributed by atoms with Crippen molar-refractivity contribution >= 4 is 17.7 Å². The molecular weight excluding hydrogens is 252 g/mol. The largest absolute Gasteiger partial charge is 0.480 e. The van der Waals surface area contributed by atoms with Crippen LogP contribution < -0.4 is 10.2 Å². The van der Waals surface area contributed by atoms with E-state index in [9.17, 15) is 9.59 Å². The van der Waals surface area contributed by atoms with Crippen LogP contribution in [0, 0.1) is 0 Å². The average Bonchev–Trinajstić information content (AvgIpc) is 2.42. The van der Waals surface area contributed by atoms with Crippen molar-refractivity contribution in [3.8, 4) is 0 Å². The van der Waals surface area contributed by atoms with Crippen LogP contribution in [0.15, 0.2) is 12.1 Å². The number of rotatable bonds is 7. The number of hydrogen-bond acceptors (Lipinski definition) is 6. The van der Waals surface area contributed by atoms with Crippen LogP contribution in [0.3, 0.4) is 0 Å². The number of aliphatic carboxylic acids is 1. The SMILES string of the molecule is CNC(=O)c1ccc(N(CCOC)CC(=O)O)nn1. The van der Waals surface area contributed by atoms with Gasteiger partial charge in [-0.2, -0.15) is 0 Å². The van der Waals surface area contributed by atoms with E-state index >= 15 is 0 Å². The van der Waals surface area contributed by atoms with Crippen molar-refractivity contribution in [2.75, 3.05) is 38.8 Å². The lowest BCUT2D eigenvalue weighted by Gasteiger charge is -2.20. The summed E-state index contributed by atoms with van der Waals surface area (Å²) in [5.74, 6) is -0.943. The number of ether oxygens (including phenoxy) is 1. The van der Waals surface area contributed by atoms with Gasteiger partial charge in [-0.25, -0.2) is 0 Å². The second-order valence-corrected chi connectivity index (χ2v) is 3.66. The Morgan fingerprint density at radius 3 is 2.63 bits per heavy atom. The third kappa shape index (κ3) is 4.51. The first-order valence-electron chi connectivity index (χ1n) is 5.60. The van der Waals surface area contributed by atoms with Gasteiger partial charge in [0.05, 0.1) is 6.61 Å². The molecule has 8 heteroatoms. The average molecular weight is 268 g/mol. The zero-order valence-electron chi connectivity index (χ0n) is 10.8. The van der Waals surface area contributed by atoms with E-state index in [1.54, 1.807) is 6.07 Å². The molecule has 0 atom stereocenters. The predicted molar refractivity (Wildman–Crippen MR) is 67.1 cm³/mol. The van der Waals surface area contributed by atoms with E-state index in [2.05, 4.69) is 15.5 Å². The van der Waals surface area contributed by atoms with Gasteiger partial charge >= 0.3 is 5.97 Å². The monoisotopic (exact) mass is 268 g/mol. The molecule has 0 spiro atoms. The van der Waals surface area contributed by atoms with Gasteiger partial charge in [0.15, 0.2) is 11.5 Å². The first-order chi connectivity index (χ1) is 9.08. The quantitative estimate of drug-likeness (QED) is 0.678. The number of carboxylic acid groups (broad SMARTS) is 1. The van der Waals surface area contributed by atoms with E-state index < -0.39 is 5.97 Å². The summed E-state index contributed by atoms with van der Waals surface area (Å²) in [6.07, 6.45) is 0. The van der Waals surface area contributed by atoms with Crippen molar-refractivity contribution in [1.82, 2.24) is 15.5 Å². The summed E-state index contributed by atoms with van der Waals surface area (Å²) in [7, 11) is 3.02. The van der Waals surface area contributed by atoms with Crippen molar-refractivity contribution in [3.63, 3.8) is 0 Å². The fourth-order valence-electron chi connectivity index (χ4n) is 1.38. The molecule has 104 valence electrons. The van der Waals surface area contributed by atoms with Gasteiger partial charge in [0.1, 0.15) is 6.54 Å². The lowest BCUT2D eigenvalue weighted by atomic mass is 10.3. The van der Waals surface area contributed by atoms with Crippen molar-refractivity contribution in [3.05, 3.63) is 17.8 Å². The molecule has 0 unspecified atom stereocenters. The molecule has 1 aromatic rings. The van der Waals surface area contributed by atoms with Crippen LogP contribution in [0.25, 0.3) is 0 Å². The molecule has 0 aliphatic rings. The zero-order chi connectivity index (χ0) is 14.3. The number of methoxy groups -OCH3 is 1. The van der Waals surface area contributed by atoms with Crippen molar-refractivity contribution in [1.29, 1.82) is 0 Å². The lowest BCUT2D eigenvalue weighted by molar-refractivity contribution is -0.135. The summed E-state index contributed by atoms with van der Waals surface area (Å²) in [4.78, 5) is 23.6. The van der Waals surface area contributed by atoms with E-state index in [-0.39, 0.29) is 18.1 Å². The van der Waals surface area contributed by atoms with Gasteiger partial charge in [0.2, 0.25) is 0 Å². The highest BCUT2D eigenvalue weighted by Gasteiger charge is 2.13. The predicted octanol–water partition coefficient (Wildman–Crippen LogP) is -0.626. The van der Waals surface area contributed by atoms with E-state index in [1.165, 1.54) is 25.1 Å². The summed E-state index contributed by atoms with van der Waals surface area (Å²) in [6.45, 7) is 0.528. The maximum absolute atomic E-state index is 11.3. The van der Waals surface area contributed by atoms with Gasteiger partial charge in [0.25, 0.3) is 5.91 Å². The molecule has 2 N–H and O–H groups in total. The number of nitrogens with one attached hydrogen (secondary N) is 1. The highest BCUT2D eigenvalue weighted by atomic mass is 16.5. The second-order valence-electron chi connectivity index (χ2n) is 3.66. The molecule has 0 fully saturated rings. The Morgan fingerprint density at radius 2 is 2.16 bits per heavy atom. The molecule has 0 radical (unpaired) electrons. The minimum Gasteiger partial charge on any atom is -0.480 e. The van der Waals surface area contributed by atoms with Gasteiger partial charge < -0.3 is 20.1 Å².